The van der Waals surface area contributed by atoms with Crippen molar-refractivity contribution in [2.45, 2.75) is 25.3 Å². The minimum Gasteiger partial charge on any atom is -0.492 e. The van der Waals surface area contributed by atoms with Crippen LogP contribution in [-0.2, 0) is 0 Å². The summed E-state index contributed by atoms with van der Waals surface area (Å²) in [5.41, 5.74) is 0.230. The number of aliphatic hydroxyl groups excluding tert-OH is 1. The zero-order valence-electron chi connectivity index (χ0n) is 11.5. The molecule has 5 nitrogen and oxygen atoms in total. The van der Waals surface area contributed by atoms with Gasteiger partial charge in [0.1, 0.15) is 12.4 Å². The second-order valence-electron chi connectivity index (χ2n) is 5.05. The number of aromatic carboxylic acids is 1. The van der Waals surface area contributed by atoms with E-state index in [0.717, 1.165) is 25.9 Å². The number of aliphatic hydroxyl groups is 1. The number of hydrogen-bond donors (Lipinski definition) is 2. The summed E-state index contributed by atoms with van der Waals surface area (Å²) < 4.78 is 5.61. The number of ether oxygens (including phenoxy) is 1. The van der Waals surface area contributed by atoms with Gasteiger partial charge in [0, 0.05) is 12.6 Å². The molecule has 1 heterocycles. The predicted molar refractivity (Wildman–Crippen MR) is 75.2 cm³/mol. The van der Waals surface area contributed by atoms with Crippen LogP contribution >= 0.6 is 0 Å². The number of carbonyl (C=O) groups is 1. The fraction of sp³-hybridized carbons (Fsp3) is 0.533. The van der Waals surface area contributed by atoms with Gasteiger partial charge >= 0.3 is 5.97 Å². The molecule has 1 aliphatic rings. The summed E-state index contributed by atoms with van der Waals surface area (Å²) in [6, 6.07) is 6.74. The molecule has 0 amide bonds. The summed E-state index contributed by atoms with van der Waals surface area (Å²) in [4.78, 5) is 13.1. The Labute approximate surface area is 118 Å². The first-order chi connectivity index (χ1) is 9.70. The average Bonchev–Trinajstić information content (AvgIpc) is 2.48. The standard InChI is InChI=1S/C15H21NO4/c17-11-13-5-1-2-7-16(13)8-9-20-14-6-3-4-12(10-14)15(18)19/h3-4,6,10,13,17H,1-2,5,7-9,11H2,(H,18,19). The molecule has 0 aliphatic carbocycles. The van der Waals surface area contributed by atoms with Crippen LogP contribution in [0, 0.1) is 0 Å². The highest BCUT2D eigenvalue weighted by Crippen LogP contribution is 2.17. The normalized spacial score (nSPS) is 19.8. The van der Waals surface area contributed by atoms with Gasteiger partial charge in [0.15, 0.2) is 0 Å². The second-order valence-corrected chi connectivity index (χ2v) is 5.05. The highest BCUT2D eigenvalue weighted by atomic mass is 16.5. The lowest BCUT2D eigenvalue weighted by molar-refractivity contribution is 0.0694. The largest absolute Gasteiger partial charge is 0.492 e. The number of piperidine rings is 1. The van der Waals surface area contributed by atoms with Crippen LogP contribution < -0.4 is 4.74 Å². The van der Waals surface area contributed by atoms with E-state index in [2.05, 4.69) is 4.90 Å². The fourth-order valence-electron chi connectivity index (χ4n) is 2.56. The van der Waals surface area contributed by atoms with Crippen molar-refractivity contribution in [2.75, 3.05) is 26.3 Å². The van der Waals surface area contributed by atoms with E-state index in [0.29, 0.717) is 12.4 Å². The first-order valence-electron chi connectivity index (χ1n) is 7.02. The van der Waals surface area contributed by atoms with Crippen LogP contribution in [0.25, 0.3) is 0 Å². The number of rotatable bonds is 6. The van der Waals surface area contributed by atoms with Crippen molar-refractivity contribution < 1.29 is 19.7 Å². The van der Waals surface area contributed by atoms with Crippen molar-refractivity contribution >= 4 is 5.97 Å². The first-order valence-corrected chi connectivity index (χ1v) is 7.02. The third-order valence-corrected chi connectivity index (χ3v) is 3.69. The van der Waals surface area contributed by atoms with Gasteiger partial charge in [0.25, 0.3) is 0 Å². The van der Waals surface area contributed by atoms with Crippen molar-refractivity contribution in [3.63, 3.8) is 0 Å². The topological polar surface area (TPSA) is 70.0 Å². The van der Waals surface area contributed by atoms with Crippen LogP contribution in [0.3, 0.4) is 0 Å². The molecule has 1 aromatic rings. The molecule has 2 N–H and O–H groups in total. The zero-order chi connectivity index (χ0) is 14.4. The maximum Gasteiger partial charge on any atom is 0.335 e. The summed E-state index contributed by atoms with van der Waals surface area (Å²) in [7, 11) is 0. The van der Waals surface area contributed by atoms with Gasteiger partial charge in [-0.3, -0.25) is 4.90 Å². The molecule has 5 heteroatoms. The van der Waals surface area contributed by atoms with Gasteiger partial charge in [-0.1, -0.05) is 12.5 Å². The van der Waals surface area contributed by atoms with E-state index >= 15 is 0 Å². The Morgan fingerprint density at radius 1 is 1.40 bits per heavy atom. The van der Waals surface area contributed by atoms with Gasteiger partial charge in [-0.15, -0.1) is 0 Å². The van der Waals surface area contributed by atoms with Crippen LogP contribution in [0.4, 0.5) is 0 Å². The summed E-state index contributed by atoms with van der Waals surface area (Å²) in [5.74, 6) is -0.380. The van der Waals surface area contributed by atoms with Gasteiger partial charge in [-0.05, 0) is 37.6 Å². The molecule has 1 aromatic carbocycles. The predicted octanol–water partition coefficient (Wildman–Crippen LogP) is 1.61. The van der Waals surface area contributed by atoms with Gasteiger partial charge in [-0.25, -0.2) is 4.79 Å². The molecule has 0 spiro atoms. The SMILES string of the molecule is O=C(O)c1cccc(OCCN2CCCCC2CO)c1. The smallest absolute Gasteiger partial charge is 0.335 e. The van der Waals surface area contributed by atoms with E-state index in [9.17, 15) is 9.90 Å². The molecule has 0 bridgehead atoms. The van der Waals surface area contributed by atoms with Gasteiger partial charge in [-0.2, -0.15) is 0 Å². The third-order valence-electron chi connectivity index (χ3n) is 3.69. The van der Waals surface area contributed by atoms with E-state index in [-0.39, 0.29) is 18.2 Å². The van der Waals surface area contributed by atoms with Crippen molar-refractivity contribution in [1.29, 1.82) is 0 Å². The Balaban J connectivity index is 1.83. The molecule has 20 heavy (non-hydrogen) atoms. The minimum absolute atomic E-state index is 0.189. The fourth-order valence-corrected chi connectivity index (χ4v) is 2.56. The Hall–Kier alpha value is -1.59. The van der Waals surface area contributed by atoms with E-state index in [1.54, 1.807) is 18.2 Å². The van der Waals surface area contributed by atoms with Crippen molar-refractivity contribution in [2.24, 2.45) is 0 Å². The number of carboxylic acids is 1. The lowest BCUT2D eigenvalue weighted by Gasteiger charge is -2.34. The molecule has 0 radical (unpaired) electrons. The zero-order valence-corrected chi connectivity index (χ0v) is 11.5. The molecular formula is C15H21NO4. The highest BCUT2D eigenvalue weighted by Gasteiger charge is 2.21. The number of likely N-dealkylation sites (tertiary alicyclic amines) is 1. The molecule has 0 aromatic heterocycles. The summed E-state index contributed by atoms with van der Waals surface area (Å²) >= 11 is 0. The van der Waals surface area contributed by atoms with E-state index in [1.807, 2.05) is 0 Å². The van der Waals surface area contributed by atoms with Crippen molar-refractivity contribution in [3.05, 3.63) is 29.8 Å². The number of hydrogen-bond acceptors (Lipinski definition) is 4. The van der Waals surface area contributed by atoms with Crippen molar-refractivity contribution in [1.82, 2.24) is 4.90 Å². The molecular weight excluding hydrogens is 258 g/mol. The Morgan fingerprint density at radius 2 is 2.25 bits per heavy atom. The molecule has 110 valence electrons. The Bertz CT molecular complexity index is 449. The van der Waals surface area contributed by atoms with E-state index < -0.39 is 5.97 Å². The minimum atomic E-state index is -0.952. The summed E-state index contributed by atoms with van der Waals surface area (Å²) in [6.07, 6.45) is 3.36. The number of carboxylic acid groups (broad SMARTS) is 1. The van der Waals surface area contributed by atoms with Gasteiger partial charge < -0.3 is 14.9 Å². The van der Waals surface area contributed by atoms with E-state index in [4.69, 9.17) is 9.84 Å². The lowest BCUT2D eigenvalue weighted by Crippen LogP contribution is -2.43. The molecule has 1 fully saturated rings. The van der Waals surface area contributed by atoms with Gasteiger partial charge in [0.05, 0.1) is 12.2 Å². The van der Waals surface area contributed by atoms with Gasteiger partial charge in [0.2, 0.25) is 0 Å². The third kappa shape index (κ3) is 3.95. The van der Waals surface area contributed by atoms with E-state index in [1.165, 1.54) is 12.5 Å². The maximum absolute atomic E-state index is 10.9. The molecule has 0 saturated carbocycles. The Kier molecular flexibility index (Phi) is 5.38. The molecule has 1 saturated heterocycles. The highest BCUT2D eigenvalue weighted by molar-refractivity contribution is 5.87. The van der Waals surface area contributed by atoms with Crippen molar-refractivity contribution in [3.8, 4) is 5.75 Å². The maximum atomic E-state index is 10.9. The van der Waals surface area contributed by atoms with Crippen LogP contribution in [0.5, 0.6) is 5.75 Å². The second kappa shape index (κ2) is 7.26. The van der Waals surface area contributed by atoms with Crippen LogP contribution in [-0.4, -0.2) is 53.4 Å². The van der Waals surface area contributed by atoms with Crippen LogP contribution in [0.1, 0.15) is 29.6 Å². The summed E-state index contributed by atoms with van der Waals surface area (Å²) in [6.45, 7) is 2.43. The van der Waals surface area contributed by atoms with Crippen LogP contribution in [0.15, 0.2) is 24.3 Å². The quantitative estimate of drug-likeness (QED) is 0.828. The first kappa shape index (κ1) is 14.8. The molecule has 1 atom stereocenters. The number of benzene rings is 1. The number of nitrogens with zero attached hydrogens (tertiary/aromatic N) is 1. The Morgan fingerprint density at radius 3 is 3.00 bits per heavy atom. The average molecular weight is 279 g/mol. The summed E-state index contributed by atoms with van der Waals surface area (Å²) in [5, 5.41) is 18.2. The molecule has 1 unspecified atom stereocenters. The lowest BCUT2D eigenvalue weighted by atomic mass is 10.0. The molecule has 2 rings (SSSR count). The van der Waals surface area contributed by atoms with Crippen LogP contribution in [0.2, 0.25) is 0 Å². The monoisotopic (exact) mass is 279 g/mol. The molecule has 1 aliphatic heterocycles.